The number of carbonyl (C=O) groups excluding carboxylic acids is 2. The summed E-state index contributed by atoms with van der Waals surface area (Å²) in [5, 5.41) is 1.02. The van der Waals surface area contributed by atoms with Gasteiger partial charge < -0.3 is 4.74 Å². The molecule has 0 aliphatic carbocycles. The first kappa shape index (κ1) is 19.5. The first-order valence-electron chi connectivity index (χ1n) is 7.91. The Morgan fingerprint density at radius 2 is 1.70 bits per heavy atom. The van der Waals surface area contributed by atoms with Gasteiger partial charge in [-0.3, -0.25) is 9.69 Å². The molecule has 27 heavy (non-hydrogen) atoms. The Morgan fingerprint density at radius 1 is 1.04 bits per heavy atom. The molecule has 0 atom stereocenters. The van der Waals surface area contributed by atoms with E-state index in [4.69, 9.17) is 39.5 Å². The van der Waals surface area contributed by atoms with Crippen LogP contribution in [0.5, 0.6) is 0 Å². The zero-order valence-corrected chi connectivity index (χ0v) is 16.7. The smallest absolute Gasteiger partial charge is 0.340 e. The van der Waals surface area contributed by atoms with Crippen LogP contribution in [0.15, 0.2) is 59.3 Å². The molecule has 0 N–H and O–H groups in total. The lowest BCUT2D eigenvalue weighted by Crippen LogP contribution is -2.24. The molecule has 2 aromatic rings. The van der Waals surface area contributed by atoms with E-state index < -0.39 is 11.9 Å². The Bertz CT molecular complexity index is 1010. The first-order chi connectivity index (χ1) is 12.9. The van der Waals surface area contributed by atoms with Crippen molar-refractivity contribution in [2.24, 2.45) is 0 Å². The van der Waals surface area contributed by atoms with Gasteiger partial charge in [-0.2, -0.15) is 0 Å². The second-order valence-electron chi connectivity index (χ2n) is 5.75. The summed E-state index contributed by atoms with van der Waals surface area (Å²) in [6.07, 6.45) is 1.53. The molecular formula is C20H14Cl3NO3. The van der Waals surface area contributed by atoms with E-state index in [0.29, 0.717) is 27.0 Å². The highest BCUT2D eigenvalue weighted by Crippen LogP contribution is 2.39. The molecule has 138 valence electrons. The van der Waals surface area contributed by atoms with E-state index in [0.717, 1.165) is 0 Å². The van der Waals surface area contributed by atoms with Gasteiger partial charge in [0.1, 0.15) is 0 Å². The van der Waals surface area contributed by atoms with Crippen LogP contribution >= 0.6 is 34.8 Å². The zero-order valence-electron chi connectivity index (χ0n) is 14.4. The summed E-state index contributed by atoms with van der Waals surface area (Å²) in [5.41, 5.74) is 1.72. The van der Waals surface area contributed by atoms with Crippen molar-refractivity contribution in [1.29, 1.82) is 0 Å². The van der Waals surface area contributed by atoms with Crippen LogP contribution in [0.3, 0.4) is 0 Å². The number of anilines is 1. The number of halogens is 3. The van der Waals surface area contributed by atoms with Gasteiger partial charge >= 0.3 is 5.97 Å². The normalized spacial score (nSPS) is 15.7. The van der Waals surface area contributed by atoms with Gasteiger partial charge in [-0.1, -0.05) is 59.1 Å². The van der Waals surface area contributed by atoms with Crippen LogP contribution in [0, 0.1) is 0 Å². The highest BCUT2D eigenvalue weighted by Gasteiger charge is 2.38. The third-order valence-electron chi connectivity index (χ3n) is 4.16. The Balaban J connectivity index is 2.21. The largest absolute Gasteiger partial charge is 0.465 e. The zero-order chi connectivity index (χ0) is 19.7. The summed E-state index contributed by atoms with van der Waals surface area (Å²) in [6.45, 7) is 1.66. The third kappa shape index (κ3) is 3.48. The van der Waals surface area contributed by atoms with Crippen molar-refractivity contribution in [2.45, 2.75) is 6.92 Å². The second kappa shape index (κ2) is 7.77. The number of allylic oxidation sites excluding steroid dienone is 1. The molecule has 1 aliphatic heterocycles. The molecule has 0 saturated heterocycles. The first-order valence-corrected chi connectivity index (χ1v) is 9.04. The maximum Gasteiger partial charge on any atom is 0.340 e. The predicted molar refractivity (Wildman–Crippen MR) is 108 cm³/mol. The SMILES string of the molecule is COC(=O)C1=C(C)N(c2ccccc2Cl)C(=O)/C1=C\c1cccc(Cl)c1Cl. The van der Waals surface area contributed by atoms with E-state index in [9.17, 15) is 9.59 Å². The number of esters is 1. The average molecular weight is 423 g/mol. The van der Waals surface area contributed by atoms with Crippen molar-refractivity contribution >= 4 is 58.4 Å². The highest BCUT2D eigenvalue weighted by atomic mass is 35.5. The fourth-order valence-electron chi connectivity index (χ4n) is 2.89. The Kier molecular flexibility index (Phi) is 5.61. The molecule has 2 aromatic carbocycles. The number of rotatable bonds is 3. The van der Waals surface area contributed by atoms with E-state index in [2.05, 4.69) is 0 Å². The minimum atomic E-state index is -0.625. The Hall–Kier alpha value is -2.27. The number of ether oxygens (including phenoxy) is 1. The van der Waals surface area contributed by atoms with Crippen LogP contribution in [0.4, 0.5) is 5.69 Å². The molecule has 1 aliphatic rings. The van der Waals surface area contributed by atoms with Crippen LogP contribution in [-0.4, -0.2) is 19.0 Å². The molecule has 0 unspecified atom stereocenters. The second-order valence-corrected chi connectivity index (χ2v) is 6.94. The van der Waals surface area contributed by atoms with Gasteiger partial charge in [-0.05, 0) is 36.8 Å². The van der Waals surface area contributed by atoms with Crippen molar-refractivity contribution < 1.29 is 14.3 Å². The minimum Gasteiger partial charge on any atom is -0.465 e. The summed E-state index contributed by atoms with van der Waals surface area (Å²) >= 11 is 18.6. The van der Waals surface area contributed by atoms with Crippen LogP contribution in [-0.2, 0) is 14.3 Å². The molecule has 1 heterocycles. The van der Waals surface area contributed by atoms with Crippen LogP contribution < -0.4 is 4.90 Å². The molecule has 1 amide bonds. The summed E-state index contributed by atoms with van der Waals surface area (Å²) in [5.74, 6) is -1.03. The van der Waals surface area contributed by atoms with E-state index in [1.165, 1.54) is 18.1 Å². The lowest BCUT2D eigenvalue weighted by molar-refractivity contribution is -0.136. The van der Waals surface area contributed by atoms with Gasteiger partial charge in [-0.15, -0.1) is 0 Å². The number of para-hydroxylation sites is 1. The van der Waals surface area contributed by atoms with Crippen molar-refractivity contribution in [1.82, 2.24) is 0 Å². The number of methoxy groups -OCH3 is 1. The predicted octanol–water partition coefficient (Wildman–Crippen LogP) is 5.52. The number of hydrogen-bond donors (Lipinski definition) is 0. The number of amides is 1. The lowest BCUT2D eigenvalue weighted by Gasteiger charge is -2.19. The number of carbonyl (C=O) groups is 2. The summed E-state index contributed by atoms with van der Waals surface area (Å²) in [6, 6.07) is 11.9. The summed E-state index contributed by atoms with van der Waals surface area (Å²) in [7, 11) is 1.26. The monoisotopic (exact) mass is 421 g/mol. The molecular weight excluding hydrogens is 409 g/mol. The van der Waals surface area contributed by atoms with Crippen molar-refractivity contribution in [3.05, 3.63) is 79.9 Å². The molecule has 0 spiro atoms. The molecule has 4 nitrogen and oxygen atoms in total. The molecule has 0 fully saturated rings. The van der Waals surface area contributed by atoms with E-state index >= 15 is 0 Å². The lowest BCUT2D eigenvalue weighted by atomic mass is 10.0. The van der Waals surface area contributed by atoms with Crippen LogP contribution in [0.1, 0.15) is 12.5 Å². The minimum absolute atomic E-state index is 0.151. The Labute approximate surface area is 171 Å². The maximum atomic E-state index is 13.2. The number of hydrogen-bond acceptors (Lipinski definition) is 3. The number of benzene rings is 2. The standard InChI is InChI=1S/C20H14Cl3NO3/c1-11-17(20(26)27-2)13(10-12-6-5-8-15(22)18(12)23)19(25)24(11)16-9-4-3-7-14(16)21/h3-10H,1-2H3/b13-10-. The van der Waals surface area contributed by atoms with Crippen LogP contribution in [0.25, 0.3) is 6.08 Å². The van der Waals surface area contributed by atoms with Gasteiger partial charge in [0.2, 0.25) is 0 Å². The topological polar surface area (TPSA) is 46.6 Å². The third-order valence-corrected chi connectivity index (χ3v) is 5.32. The molecule has 0 bridgehead atoms. The van der Waals surface area contributed by atoms with Gasteiger partial charge in [0.25, 0.3) is 5.91 Å². The Morgan fingerprint density at radius 3 is 2.37 bits per heavy atom. The highest BCUT2D eigenvalue weighted by molar-refractivity contribution is 6.43. The van der Waals surface area contributed by atoms with Crippen molar-refractivity contribution in [3.8, 4) is 0 Å². The van der Waals surface area contributed by atoms with Crippen LogP contribution in [0.2, 0.25) is 15.1 Å². The maximum absolute atomic E-state index is 13.2. The van der Waals surface area contributed by atoms with Gasteiger partial charge in [0, 0.05) is 5.70 Å². The fourth-order valence-corrected chi connectivity index (χ4v) is 3.47. The van der Waals surface area contributed by atoms with E-state index in [1.54, 1.807) is 49.4 Å². The van der Waals surface area contributed by atoms with Crippen molar-refractivity contribution in [3.63, 3.8) is 0 Å². The fraction of sp³-hybridized carbons (Fsp3) is 0.100. The molecule has 0 radical (unpaired) electrons. The van der Waals surface area contributed by atoms with E-state index in [-0.39, 0.29) is 16.2 Å². The molecule has 7 heteroatoms. The van der Waals surface area contributed by atoms with Gasteiger partial charge in [0.15, 0.2) is 0 Å². The average Bonchev–Trinajstić information content (AvgIpc) is 2.89. The van der Waals surface area contributed by atoms with Gasteiger partial charge in [0.05, 0.1) is 39.0 Å². The molecule has 0 aromatic heterocycles. The van der Waals surface area contributed by atoms with Gasteiger partial charge in [-0.25, -0.2) is 4.79 Å². The van der Waals surface area contributed by atoms with E-state index in [1.807, 2.05) is 0 Å². The summed E-state index contributed by atoms with van der Waals surface area (Å²) in [4.78, 5) is 27.0. The number of nitrogens with zero attached hydrogens (tertiary/aromatic N) is 1. The quantitative estimate of drug-likeness (QED) is 0.483. The summed E-state index contributed by atoms with van der Waals surface area (Å²) < 4.78 is 4.88. The van der Waals surface area contributed by atoms with Crippen molar-refractivity contribution in [2.75, 3.05) is 12.0 Å². The molecule has 3 rings (SSSR count). The molecule has 0 saturated carbocycles.